The van der Waals surface area contributed by atoms with Gasteiger partial charge in [0.15, 0.2) is 0 Å². The number of alkyl halides is 3. The van der Waals surface area contributed by atoms with E-state index in [1.807, 2.05) is 0 Å². The zero-order valence-corrected chi connectivity index (χ0v) is 10.8. The van der Waals surface area contributed by atoms with Gasteiger partial charge >= 0.3 is 12.3 Å². The predicted octanol–water partition coefficient (Wildman–Crippen LogP) is 2.28. The fraction of sp³-hybridized carbons (Fsp3) is 0.909. The maximum Gasteiger partial charge on any atom is 0.410 e. The van der Waals surface area contributed by atoms with Gasteiger partial charge in [-0.25, -0.2) is 4.79 Å². The van der Waals surface area contributed by atoms with Crippen LogP contribution in [0.2, 0.25) is 0 Å². The van der Waals surface area contributed by atoms with Crippen LogP contribution in [0.4, 0.5) is 18.0 Å². The Balaban J connectivity index is 2.74. The molecular formula is C11H19F3N2O2. The molecule has 0 spiro atoms. The maximum atomic E-state index is 12.6. The van der Waals surface area contributed by atoms with Gasteiger partial charge in [0.1, 0.15) is 11.6 Å². The lowest BCUT2D eigenvalue weighted by molar-refractivity contribution is -0.158. The molecule has 106 valence electrons. The molecule has 1 unspecified atom stereocenters. The first-order chi connectivity index (χ1) is 8.02. The van der Waals surface area contributed by atoms with Gasteiger partial charge in [-0.2, -0.15) is 13.2 Å². The van der Waals surface area contributed by atoms with E-state index in [2.05, 4.69) is 0 Å². The lowest BCUT2D eigenvalue weighted by Crippen LogP contribution is -2.54. The Morgan fingerprint density at radius 1 is 1.39 bits per heavy atom. The van der Waals surface area contributed by atoms with Crippen molar-refractivity contribution in [3.05, 3.63) is 0 Å². The minimum Gasteiger partial charge on any atom is -0.444 e. The highest BCUT2D eigenvalue weighted by Crippen LogP contribution is 2.30. The fourth-order valence-corrected chi connectivity index (χ4v) is 1.93. The van der Waals surface area contributed by atoms with Crippen molar-refractivity contribution in [2.75, 3.05) is 6.54 Å². The summed E-state index contributed by atoms with van der Waals surface area (Å²) in [7, 11) is 0. The molecule has 2 atom stereocenters. The Morgan fingerprint density at radius 2 is 1.94 bits per heavy atom. The van der Waals surface area contributed by atoms with Crippen LogP contribution in [-0.4, -0.2) is 41.4 Å². The van der Waals surface area contributed by atoms with Gasteiger partial charge in [0, 0.05) is 6.54 Å². The van der Waals surface area contributed by atoms with Crippen molar-refractivity contribution in [1.82, 2.24) is 4.90 Å². The van der Waals surface area contributed by atoms with E-state index in [0.29, 0.717) is 6.42 Å². The average molecular weight is 268 g/mol. The van der Waals surface area contributed by atoms with Gasteiger partial charge in [-0.3, -0.25) is 0 Å². The van der Waals surface area contributed by atoms with Crippen molar-refractivity contribution in [1.29, 1.82) is 0 Å². The second kappa shape index (κ2) is 4.95. The van der Waals surface area contributed by atoms with E-state index in [-0.39, 0.29) is 13.0 Å². The highest BCUT2D eigenvalue weighted by atomic mass is 19.4. The van der Waals surface area contributed by atoms with Crippen molar-refractivity contribution < 1.29 is 22.7 Å². The predicted molar refractivity (Wildman–Crippen MR) is 60.0 cm³/mol. The number of nitrogens with two attached hydrogens (primary N) is 1. The van der Waals surface area contributed by atoms with Gasteiger partial charge in [-0.1, -0.05) is 0 Å². The summed E-state index contributed by atoms with van der Waals surface area (Å²) in [5.41, 5.74) is 4.44. The molecule has 1 fully saturated rings. The van der Waals surface area contributed by atoms with Crippen LogP contribution in [0, 0.1) is 0 Å². The summed E-state index contributed by atoms with van der Waals surface area (Å²) >= 11 is 0. The van der Waals surface area contributed by atoms with E-state index < -0.39 is 30.0 Å². The second-order valence-electron chi connectivity index (χ2n) is 5.45. The molecule has 1 saturated heterocycles. The highest BCUT2D eigenvalue weighted by molar-refractivity contribution is 5.69. The Kier molecular flexibility index (Phi) is 4.15. The number of nitrogens with zero attached hydrogens (tertiary/aromatic N) is 1. The van der Waals surface area contributed by atoms with Crippen LogP contribution < -0.4 is 5.73 Å². The van der Waals surface area contributed by atoms with Crippen molar-refractivity contribution >= 4 is 6.09 Å². The van der Waals surface area contributed by atoms with Gasteiger partial charge in [0.2, 0.25) is 0 Å². The molecule has 2 N–H and O–H groups in total. The molecule has 0 aromatic rings. The summed E-state index contributed by atoms with van der Waals surface area (Å²) in [6, 6.07) is -3.05. The number of likely N-dealkylation sites (tertiary alicyclic amines) is 1. The zero-order chi connectivity index (χ0) is 14.1. The van der Waals surface area contributed by atoms with E-state index in [4.69, 9.17) is 10.5 Å². The van der Waals surface area contributed by atoms with E-state index >= 15 is 0 Å². The average Bonchev–Trinajstić information content (AvgIpc) is 2.60. The van der Waals surface area contributed by atoms with Crippen LogP contribution in [-0.2, 0) is 4.74 Å². The van der Waals surface area contributed by atoms with E-state index in [1.54, 1.807) is 20.8 Å². The molecule has 1 rings (SSSR count). The molecule has 0 aromatic carbocycles. The molecule has 18 heavy (non-hydrogen) atoms. The quantitative estimate of drug-likeness (QED) is 0.793. The standard InChI is InChI=1S/C11H19F3N2O2/c1-10(2,3)18-9(17)16-6-4-5-7(16)8(15)11(12,13)14/h7-8H,4-6,15H2,1-3H3/t7-,8?/m1/s1. The summed E-state index contributed by atoms with van der Waals surface area (Å²) in [5, 5.41) is 0. The molecule has 0 saturated carbocycles. The van der Waals surface area contributed by atoms with Crippen molar-refractivity contribution in [3.63, 3.8) is 0 Å². The molecule has 4 nitrogen and oxygen atoms in total. The smallest absolute Gasteiger partial charge is 0.410 e. The normalized spacial score (nSPS) is 23.1. The summed E-state index contributed by atoms with van der Waals surface area (Å²) in [5.74, 6) is 0. The van der Waals surface area contributed by atoms with Crippen LogP contribution in [0.25, 0.3) is 0 Å². The lowest BCUT2D eigenvalue weighted by atomic mass is 10.1. The zero-order valence-electron chi connectivity index (χ0n) is 10.8. The number of amides is 1. The SMILES string of the molecule is CC(C)(C)OC(=O)N1CCC[C@@H]1C(N)C(F)(F)F. The Labute approximate surface area is 104 Å². The minimum absolute atomic E-state index is 0.250. The van der Waals surface area contributed by atoms with Crippen LogP contribution >= 0.6 is 0 Å². The summed E-state index contributed by atoms with van der Waals surface area (Å²) in [6.07, 6.45) is -4.48. The monoisotopic (exact) mass is 268 g/mol. The third-order valence-electron chi connectivity index (χ3n) is 2.72. The van der Waals surface area contributed by atoms with Crippen molar-refractivity contribution in [2.24, 2.45) is 5.73 Å². The number of carbonyl (C=O) groups is 1. The van der Waals surface area contributed by atoms with Crippen molar-refractivity contribution in [2.45, 2.75) is 57.5 Å². The molecular weight excluding hydrogens is 249 g/mol. The van der Waals surface area contributed by atoms with Crippen molar-refractivity contribution in [3.8, 4) is 0 Å². The van der Waals surface area contributed by atoms with E-state index in [0.717, 1.165) is 4.90 Å². The Bertz CT molecular complexity index is 312. The molecule has 0 aliphatic carbocycles. The lowest BCUT2D eigenvalue weighted by Gasteiger charge is -2.32. The summed E-state index contributed by atoms with van der Waals surface area (Å²) < 4.78 is 42.8. The molecule has 1 aliphatic rings. The number of rotatable bonds is 1. The summed E-state index contributed by atoms with van der Waals surface area (Å²) in [4.78, 5) is 12.9. The first-order valence-electron chi connectivity index (χ1n) is 5.84. The third kappa shape index (κ3) is 3.76. The van der Waals surface area contributed by atoms with Gasteiger partial charge in [-0.05, 0) is 33.6 Å². The van der Waals surface area contributed by atoms with E-state index in [9.17, 15) is 18.0 Å². The minimum atomic E-state index is -4.50. The topological polar surface area (TPSA) is 55.6 Å². The second-order valence-corrected chi connectivity index (χ2v) is 5.45. The number of carbonyl (C=O) groups excluding carboxylic acids is 1. The number of hydrogen-bond donors (Lipinski definition) is 1. The van der Waals surface area contributed by atoms with Gasteiger partial charge in [0.25, 0.3) is 0 Å². The number of ether oxygens (including phenoxy) is 1. The number of halogens is 3. The first kappa shape index (κ1) is 15.1. The molecule has 0 radical (unpaired) electrons. The Hall–Kier alpha value is -0.980. The molecule has 0 bridgehead atoms. The Morgan fingerprint density at radius 3 is 2.39 bits per heavy atom. The van der Waals surface area contributed by atoms with Gasteiger partial charge in [0.05, 0.1) is 6.04 Å². The third-order valence-corrected chi connectivity index (χ3v) is 2.72. The highest BCUT2D eigenvalue weighted by Gasteiger charge is 2.47. The molecule has 1 aliphatic heterocycles. The first-order valence-corrected chi connectivity index (χ1v) is 5.84. The van der Waals surface area contributed by atoms with Crippen LogP contribution in [0.3, 0.4) is 0 Å². The van der Waals surface area contributed by atoms with E-state index in [1.165, 1.54) is 0 Å². The van der Waals surface area contributed by atoms with Gasteiger partial charge < -0.3 is 15.4 Å². The maximum absolute atomic E-state index is 12.6. The molecule has 0 aromatic heterocycles. The molecule has 7 heteroatoms. The van der Waals surface area contributed by atoms with Crippen LogP contribution in [0.15, 0.2) is 0 Å². The molecule has 1 amide bonds. The number of hydrogen-bond acceptors (Lipinski definition) is 3. The fourth-order valence-electron chi connectivity index (χ4n) is 1.93. The molecule has 1 heterocycles. The van der Waals surface area contributed by atoms with Crippen LogP contribution in [0.5, 0.6) is 0 Å². The summed E-state index contributed by atoms with van der Waals surface area (Å²) in [6.45, 7) is 5.25. The van der Waals surface area contributed by atoms with Crippen LogP contribution in [0.1, 0.15) is 33.6 Å². The van der Waals surface area contributed by atoms with Gasteiger partial charge in [-0.15, -0.1) is 0 Å². The largest absolute Gasteiger partial charge is 0.444 e.